The number of rotatable bonds is 4. The van der Waals surface area contributed by atoms with Crippen LogP contribution in [0.5, 0.6) is 0 Å². The van der Waals surface area contributed by atoms with Gasteiger partial charge in [0.25, 0.3) is 0 Å². The summed E-state index contributed by atoms with van der Waals surface area (Å²) >= 11 is 5.54. The van der Waals surface area contributed by atoms with Crippen LogP contribution >= 0.6 is 27.7 Å². The smallest absolute Gasteiger partial charge is 0.127 e. The number of halogens is 1. The van der Waals surface area contributed by atoms with Crippen LogP contribution in [-0.2, 0) is 0 Å². The van der Waals surface area contributed by atoms with Gasteiger partial charge in [-0.1, -0.05) is 45.9 Å². The van der Waals surface area contributed by atoms with Gasteiger partial charge in [-0.25, -0.2) is 0 Å². The van der Waals surface area contributed by atoms with Crippen LogP contribution in [0.3, 0.4) is 0 Å². The number of hydrogen-bond acceptors (Lipinski definition) is 1. The maximum absolute atomic E-state index is 3.66. The largest absolute Gasteiger partial charge is 0.328 e. The van der Waals surface area contributed by atoms with Crippen molar-refractivity contribution in [1.82, 2.24) is 0 Å². The van der Waals surface area contributed by atoms with Gasteiger partial charge in [0.05, 0.1) is 7.05 Å². The van der Waals surface area contributed by atoms with Crippen LogP contribution in [0.2, 0.25) is 0 Å². The molecule has 1 aliphatic rings. The Morgan fingerprint density at radius 2 is 1.70 bits per heavy atom. The second kappa shape index (κ2) is 7.84. The highest BCUT2D eigenvalue weighted by Gasteiger charge is 2.27. The number of quaternary nitrogens is 2. The summed E-state index contributed by atoms with van der Waals surface area (Å²) < 4.78 is 1.18. The topological polar surface area (TPSA) is 8.88 Å². The van der Waals surface area contributed by atoms with Crippen molar-refractivity contribution in [3.8, 4) is 0 Å². The van der Waals surface area contributed by atoms with E-state index in [1.807, 2.05) is 11.8 Å². The summed E-state index contributed by atoms with van der Waals surface area (Å²) in [5.74, 6) is 0. The van der Waals surface area contributed by atoms with Gasteiger partial charge in [0.1, 0.15) is 32.2 Å². The number of likely N-dealkylation sites (N-methyl/N-ethyl adjacent to an activating group) is 1. The molecule has 0 radical (unpaired) electrons. The molecule has 3 rings (SSSR count). The van der Waals surface area contributed by atoms with Crippen molar-refractivity contribution in [3.63, 3.8) is 0 Å². The molecule has 0 bridgehead atoms. The zero-order valence-electron chi connectivity index (χ0n) is 13.8. The van der Waals surface area contributed by atoms with Crippen LogP contribution < -0.4 is 9.80 Å². The van der Waals surface area contributed by atoms with E-state index in [4.69, 9.17) is 0 Å². The molecule has 23 heavy (non-hydrogen) atoms. The summed E-state index contributed by atoms with van der Waals surface area (Å²) in [5.41, 5.74) is 1.46. The van der Waals surface area contributed by atoms with Crippen molar-refractivity contribution in [3.05, 3.63) is 58.6 Å². The lowest BCUT2D eigenvalue weighted by Gasteiger charge is -2.32. The second-order valence-electron chi connectivity index (χ2n) is 6.43. The van der Waals surface area contributed by atoms with Gasteiger partial charge in [-0.2, -0.15) is 0 Å². The molecular weight excluding hydrogens is 368 g/mol. The molecule has 2 N–H and O–H groups in total. The maximum Gasteiger partial charge on any atom is 0.127 e. The minimum Gasteiger partial charge on any atom is -0.328 e. The summed E-state index contributed by atoms with van der Waals surface area (Å²) in [4.78, 5) is 6.06. The third-order valence-corrected chi connectivity index (χ3v) is 6.36. The summed E-state index contributed by atoms with van der Waals surface area (Å²) in [6, 6.07) is 17.9. The van der Waals surface area contributed by atoms with Gasteiger partial charge >= 0.3 is 0 Å². The van der Waals surface area contributed by atoms with E-state index in [0.29, 0.717) is 6.04 Å². The van der Waals surface area contributed by atoms with Crippen LogP contribution in [0, 0.1) is 0 Å². The van der Waals surface area contributed by atoms with E-state index in [1.54, 1.807) is 9.80 Å². The molecule has 0 aromatic heterocycles. The quantitative estimate of drug-likeness (QED) is 0.809. The molecular formula is C19H25BrN2S+2. The molecule has 0 saturated carbocycles. The predicted molar refractivity (Wildman–Crippen MR) is 100 cm³/mol. The molecule has 2 aromatic rings. The molecule has 1 heterocycles. The average Bonchev–Trinajstić information content (AvgIpc) is 2.57. The van der Waals surface area contributed by atoms with E-state index in [0.717, 1.165) is 0 Å². The van der Waals surface area contributed by atoms with E-state index in [-0.39, 0.29) is 0 Å². The number of benzene rings is 2. The summed E-state index contributed by atoms with van der Waals surface area (Å²) in [6.07, 6.45) is 0. The molecule has 1 fully saturated rings. The highest BCUT2D eigenvalue weighted by molar-refractivity contribution is 9.10. The van der Waals surface area contributed by atoms with Crippen molar-refractivity contribution in [2.45, 2.75) is 22.8 Å². The maximum atomic E-state index is 3.66. The SMILES string of the molecule is C[C@@H](c1cc(Br)ccc1Sc1ccccc1)[NH+]1CC[NH+](C)CC1. The van der Waals surface area contributed by atoms with Crippen LogP contribution in [0.15, 0.2) is 62.8 Å². The lowest BCUT2D eigenvalue weighted by atomic mass is 10.1. The highest BCUT2D eigenvalue weighted by atomic mass is 79.9. The molecule has 1 aliphatic heterocycles. The first-order valence-corrected chi connectivity index (χ1v) is 9.92. The summed E-state index contributed by atoms with van der Waals surface area (Å²) in [6.45, 7) is 7.44. The average molecular weight is 393 g/mol. The molecule has 2 aromatic carbocycles. The molecule has 2 nitrogen and oxygen atoms in total. The standard InChI is InChI=1S/C19H23BrN2S/c1-15(22-12-10-21(2)11-13-22)18-14-16(20)8-9-19(18)23-17-6-4-3-5-7-17/h3-9,14-15H,10-13H2,1-2H3/p+2/t15-/m0/s1. The van der Waals surface area contributed by atoms with Crippen LogP contribution in [0.25, 0.3) is 0 Å². The summed E-state index contributed by atoms with van der Waals surface area (Å²) in [5, 5.41) is 0. The van der Waals surface area contributed by atoms with Crippen molar-refractivity contribution < 1.29 is 9.80 Å². The Kier molecular flexibility index (Phi) is 5.81. The van der Waals surface area contributed by atoms with Crippen molar-refractivity contribution in [2.24, 2.45) is 0 Å². The number of piperazine rings is 1. The van der Waals surface area contributed by atoms with Crippen LogP contribution in [0.4, 0.5) is 0 Å². The lowest BCUT2D eigenvalue weighted by molar-refractivity contribution is -1.02. The lowest BCUT2D eigenvalue weighted by Crippen LogP contribution is -3.26. The van der Waals surface area contributed by atoms with Crippen molar-refractivity contribution >= 4 is 27.7 Å². The van der Waals surface area contributed by atoms with Gasteiger partial charge in [0.2, 0.25) is 0 Å². The highest BCUT2D eigenvalue weighted by Crippen LogP contribution is 2.34. The Bertz CT molecular complexity index is 639. The third kappa shape index (κ3) is 4.38. The monoisotopic (exact) mass is 392 g/mol. The zero-order valence-corrected chi connectivity index (χ0v) is 16.2. The molecule has 0 amide bonds. The minimum atomic E-state index is 0.534. The molecule has 1 saturated heterocycles. The fraction of sp³-hybridized carbons (Fsp3) is 0.368. The Morgan fingerprint density at radius 1 is 1.00 bits per heavy atom. The number of hydrogen-bond donors (Lipinski definition) is 2. The molecule has 0 spiro atoms. The third-order valence-electron chi connectivity index (χ3n) is 4.77. The summed E-state index contributed by atoms with van der Waals surface area (Å²) in [7, 11) is 2.30. The normalized spacial score (nSPS) is 22.7. The Hall–Kier alpha value is -0.810. The van der Waals surface area contributed by atoms with E-state index in [2.05, 4.69) is 78.4 Å². The first kappa shape index (κ1) is 17.0. The molecule has 122 valence electrons. The molecule has 0 aliphatic carbocycles. The van der Waals surface area contributed by atoms with Gasteiger partial charge < -0.3 is 9.80 Å². The number of nitrogens with one attached hydrogen (secondary N) is 2. The van der Waals surface area contributed by atoms with Crippen LogP contribution in [-0.4, -0.2) is 33.2 Å². The van der Waals surface area contributed by atoms with E-state index in [1.165, 1.54) is 46.0 Å². The van der Waals surface area contributed by atoms with E-state index >= 15 is 0 Å². The Balaban J connectivity index is 1.84. The van der Waals surface area contributed by atoms with Gasteiger partial charge in [0, 0.05) is 19.8 Å². The van der Waals surface area contributed by atoms with E-state index in [9.17, 15) is 0 Å². The molecule has 4 heteroatoms. The van der Waals surface area contributed by atoms with Gasteiger partial charge in [-0.05, 0) is 37.3 Å². The fourth-order valence-electron chi connectivity index (χ4n) is 3.22. The Labute approximate surface area is 152 Å². The van der Waals surface area contributed by atoms with Crippen molar-refractivity contribution in [1.29, 1.82) is 0 Å². The first-order chi connectivity index (χ1) is 11.1. The molecule has 1 atom stereocenters. The minimum absolute atomic E-state index is 0.534. The van der Waals surface area contributed by atoms with Crippen LogP contribution in [0.1, 0.15) is 18.5 Å². The second-order valence-corrected chi connectivity index (χ2v) is 8.47. The van der Waals surface area contributed by atoms with E-state index < -0.39 is 0 Å². The van der Waals surface area contributed by atoms with Crippen molar-refractivity contribution in [2.75, 3.05) is 33.2 Å². The zero-order chi connectivity index (χ0) is 16.2. The first-order valence-electron chi connectivity index (χ1n) is 8.31. The fourth-order valence-corrected chi connectivity index (χ4v) is 4.63. The van der Waals surface area contributed by atoms with Gasteiger partial charge in [-0.15, -0.1) is 0 Å². The molecule has 0 unspecified atom stereocenters. The Morgan fingerprint density at radius 3 is 2.39 bits per heavy atom. The van der Waals surface area contributed by atoms with Gasteiger partial charge in [0.15, 0.2) is 0 Å². The predicted octanol–water partition coefficient (Wildman–Crippen LogP) is 2.07. The van der Waals surface area contributed by atoms with Gasteiger partial charge in [-0.3, -0.25) is 0 Å².